The molecule has 0 N–H and O–H groups in total. The first-order valence-electron chi connectivity index (χ1n) is 4.06. The van der Waals surface area contributed by atoms with Gasteiger partial charge in [-0.2, -0.15) is 0 Å². The number of halogens is 1. The van der Waals surface area contributed by atoms with Gasteiger partial charge in [0.05, 0.1) is 12.7 Å². The first-order chi connectivity index (χ1) is 6.70. The van der Waals surface area contributed by atoms with Crippen molar-refractivity contribution in [3.8, 4) is 0 Å². The third-order valence-corrected chi connectivity index (χ3v) is 1.98. The molecule has 0 atom stereocenters. The minimum absolute atomic E-state index is 0.343. The van der Waals surface area contributed by atoms with Crippen LogP contribution in [0.1, 0.15) is 10.4 Å². The Morgan fingerprint density at radius 1 is 1.43 bits per heavy atom. The van der Waals surface area contributed by atoms with Gasteiger partial charge in [-0.15, -0.1) is 0 Å². The Morgan fingerprint density at radius 3 is 2.93 bits per heavy atom. The molecule has 0 bridgehead atoms. The quantitative estimate of drug-likeness (QED) is 0.647. The number of methoxy groups -OCH3 is 1. The number of rotatable bonds is 1. The second-order valence-corrected chi connectivity index (χ2v) is 2.90. The molecule has 0 aliphatic rings. The summed E-state index contributed by atoms with van der Waals surface area (Å²) in [6.45, 7) is 0. The molecule has 2 heterocycles. The van der Waals surface area contributed by atoms with E-state index in [0.717, 1.165) is 5.52 Å². The maximum atomic E-state index is 12.8. The minimum atomic E-state index is -0.422. The number of carbonyl (C=O) groups is 1. The number of fused-ring (bicyclic) bond motifs is 1. The van der Waals surface area contributed by atoms with E-state index in [4.69, 9.17) is 0 Å². The maximum Gasteiger partial charge on any atom is 0.339 e. The van der Waals surface area contributed by atoms with Gasteiger partial charge < -0.3 is 9.14 Å². The zero-order valence-electron chi connectivity index (χ0n) is 7.53. The van der Waals surface area contributed by atoms with E-state index in [-0.39, 0.29) is 5.82 Å². The Kier molecular flexibility index (Phi) is 1.96. The van der Waals surface area contributed by atoms with Crippen LogP contribution in [0.4, 0.5) is 4.39 Å². The van der Waals surface area contributed by atoms with E-state index < -0.39 is 5.97 Å². The van der Waals surface area contributed by atoms with Gasteiger partial charge in [-0.3, -0.25) is 0 Å². The molecule has 0 aromatic carbocycles. The van der Waals surface area contributed by atoms with Gasteiger partial charge in [-0.05, 0) is 18.2 Å². The topological polar surface area (TPSA) is 30.7 Å². The van der Waals surface area contributed by atoms with Gasteiger partial charge in [0.25, 0.3) is 0 Å². The van der Waals surface area contributed by atoms with Crippen molar-refractivity contribution in [2.45, 2.75) is 0 Å². The highest BCUT2D eigenvalue weighted by Gasteiger charge is 2.08. The Hall–Kier alpha value is -1.84. The van der Waals surface area contributed by atoms with Crippen LogP contribution in [0.3, 0.4) is 0 Å². The number of carbonyl (C=O) groups excluding carboxylic acids is 1. The molecule has 0 radical (unpaired) electrons. The highest BCUT2D eigenvalue weighted by molar-refractivity contribution is 5.91. The predicted molar refractivity (Wildman–Crippen MR) is 48.7 cm³/mol. The van der Waals surface area contributed by atoms with Crippen LogP contribution in [0.2, 0.25) is 0 Å². The Morgan fingerprint density at radius 2 is 2.21 bits per heavy atom. The Labute approximate surface area is 79.7 Å². The molecule has 0 saturated carbocycles. The van der Waals surface area contributed by atoms with Crippen LogP contribution in [0.25, 0.3) is 5.52 Å². The lowest BCUT2D eigenvalue weighted by Crippen LogP contribution is -1.98. The molecule has 14 heavy (non-hydrogen) atoms. The first kappa shape index (κ1) is 8.74. The Balaban J connectivity index is 2.56. The van der Waals surface area contributed by atoms with E-state index in [2.05, 4.69) is 4.74 Å². The van der Waals surface area contributed by atoms with E-state index in [9.17, 15) is 9.18 Å². The van der Waals surface area contributed by atoms with Crippen molar-refractivity contribution in [2.75, 3.05) is 7.11 Å². The average Bonchev–Trinajstić information content (AvgIpc) is 2.59. The van der Waals surface area contributed by atoms with Crippen molar-refractivity contribution in [3.63, 3.8) is 0 Å². The van der Waals surface area contributed by atoms with Crippen LogP contribution in [-0.2, 0) is 4.74 Å². The molecule has 0 unspecified atom stereocenters. The number of hydrogen-bond donors (Lipinski definition) is 0. The monoisotopic (exact) mass is 193 g/mol. The molecule has 72 valence electrons. The predicted octanol–water partition coefficient (Wildman–Crippen LogP) is 1.86. The number of hydrogen-bond acceptors (Lipinski definition) is 2. The van der Waals surface area contributed by atoms with E-state index in [1.807, 2.05) is 0 Å². The molecule has 2 aromatic heterocycles. The van der Waals surface area contributed by atoms with Gasteiger partial charge in [-0.25, -0.2) is 9.18 Å². The molecule has 0 aliphatic carbocycles. The second-order valence-electron chi connectivity index (χ2n) is 2.90. The van der Waals surface area contributed by atoms with Crippen LogP contribution in [0.5, 0.6) is 0 Å². The van der Waals surface area contributed by atoms with Crippen LogP contribution >= 0.6 is 0 Å². The fourth-order valence-corrected chi connectivity index (χ4v) is 1.31. The molecule has 0 amide bonds. The average molecular weight is 193 g/mol. The lowest BCUT2D eigenvalue weighted by atomic mass is 10.3. The third-order valence-electron chi connectivity index (χ3n) is 1.98. The van der Waals surface area contributed by atoms with E-state index in [0.29, 0.717) is 5.56 Å². The summed E-state index contributed by atoms with van der Waals surface area (Å²) in [5.41, 5.74) is 1.17. The number of ether oxygens (including phenoxy) is 1. The molecule has 0 spiro atoms. The molecular formula is C10H8FNO2. The SMILES string of the molecule is COC(=O)c1cc2ccc(F)cn2c1. The lowest BCUT2D eigenvalue weighted by molar-refractivity contribution is 0.0601. The van der Waals surface area contributed by atoms with Gasteiger partial charge >= 0.3 is 5.97 Å². The van der Waals surface area contributed by atoms with Crippen LogP contribution in [0, 0.1) is 5.82 Å². The molecule has 3 nitrogen and oxygen atoms in total. The van der Waals surface area contributed by atoms with Gasteiger partial charge in [-0.1, -0.05) is 0 Å². The third kappa shape index (κ3) is 1.35. The molecule has 2 aromatic rings. The highest BCUT2D eigenvalue weighted by Crippen LogP contribution is 2.11. The molecular weight excluding hydrogens is 185 g/mol. The fraction of sp³-hybridized carbons (Fsp3) is 0.100. The summed E-state index contributed by atoms with van der Waals surface area (Å²) in [6, 6.07) is 4.59. The minimum Gasteiger partial charge on any atom is -0.465 e. The van der Waals surface area contributed by atoms with E-state index >= 15 is 0 Å². The number of aromatic nitrogens is 1. The summed E-state index contributed by atoms with van der Waals surface area (Å²) in [6.07, 6.45) is 2.84. The van der Waals surface area contributed by atoms with Crippen molar-refractivity contribution in [1.29, 1.82) is 0 Å². The molecule has 4 heteroatoms. The van der Waals surface area contributed by atoms with Crippen LogP contribution in [-0.4, -0.2) is 17.5 Å². The fourth-order valence-electron chi connectivity index (χ4n) is 1.31. The maximum absolute atomic E-state index is 12.8. The number of pyridine rings is 1. The smallest absolute Gasteiger partial charge is 0.339 e. The van der Waals surface area contributed by atoms with Crippen LogP contribution in [0.15, 0.2) is 30.6 Å². The summed E-state index contributed by atoms with van der Waals surface area (Å²) in [4.78, 5) is 11.1. The van der Waals surface area contributed by atoms with Crippen molar-refractivity contribution in [3.05, 3.63) is 42.0 Å². The molecule has 0 fully saturated rings. The van der Waals surface area contributed by atoms with Crippen LogP contribution < -0.4 is 0 Å². The number of nitrogens with zero attached hydrogens (tertiary/aromatic N) is 1. The molecule has 2 rings (SSSR count). The summed E-state index contributed by atoms with van der Waals surface area (Å²) in [5.74, 6) is -0.765. The van der Waals surface area contributed by atoms with Crippen molar-refractivity contribution in [2.24, 2.45) is 0 Å². The second kappa shape index (κ2) is 3.14. The summed E-state index contributed by atoms with van der Waals surface area (Å²) in [5, 5.41) is 0. The number of esters is 1. The van der Waals surface area contributed by atoms with Crippen molar-refractivity contribution >= 4 is 11.5 Å². The van der Waals surface area contributed by atoms with Gasteiger partial charge in [0, 0.05) is 17.9 Å². The molecule has 0 saturated heterocycles. The summed E-state index contributed by atoms with van der Waals surface area (Å²) >= 11 is 0. The lowest BCUT2D eigenvalue weighted by Gasteiger charge is -1.92. The Bertz CT molecular complexity index is 490. The largest absolute Gasteiger partial charge is 0.465 e. The van der Waals surface area contributed by atoms with Gasteiger partial charge in [0.2, 0.25) is 0 Å². The zero-order valence-corrected chi connectivity index (χ0v) is 7.53. The standard InChI is InChI=1S/C10H8FNO2/c1-14-10(13)7-4-9-3-2-8(11)6-12(9)5-7/h2-6H,1H3. The zero-order chi connectivity index (χ0) is 10.1. The first-order valence-corrected chi connectivity index (χ1v) is 4.06. The van der Waals surface area contributed by atoms with Gasteiger partial charge in [0.1, 0.15) is 5.82 Å². The summed E-state index contributed by atoms with van der Waals surface area (Å²) < 4.78 is 18.9. The van der Waals surface area contributed by atoms with Crippen molar-refractivity contribution in [1.82, 2.24) is 4.40 Å². The summed E-state index contributed by atoms with van der Waals surface area (Å²) in [7, 11) is 1.31. The molecule has 0 aliphatic heterocycles. The van der Waals surface area contributed by atoms with E-state index in [1.165, 1.54) is 25.6 Å². The van der Waals surface area contributed by atoms with E-state index in [1.54, 1.807) is 16.5 Å². The highest BCUT2D eigenvalue weighted by atomic mass is 19.1. The van der Waals surface area contributed by atoms with Crippen molar-refractivity contribution < 1.29 is 13.9 Å². The van der Waals surface area contributed by atoms with Gasteiger partial charge in [0.15, 0.2) is 0 Å². The normalized spacial score (nSPS) is 10.4.